The van der Waals surface area contributed by atoms with E-state index in [-0.39, 0.29) is 0 Å². The van der Waals surface area contributed by atoms with Gasteiger partial charge < -0.3 is 5.73 Å². The summed E-state index contributed by atoms with van der Waals surface area (Å²) in [5, 5.41) is 2.88. The number of rotatable bonds is 2. The maximum absolute atomic E-state index is 5.96. The number of hydrogen-bond donors (Lipinski definition) is 1. The molecule has 0 bridgehead atoms. The Hall–Kier alpha value is -2.72. The third kappa shape index (κ3) is 2.23. The van der Waals surface area contributed by atoms with Gasteiger partial charge in [0.2, 0.25) is 0 Å². The molecule has 3 nitrogen and oxygen atoms in total. The van der Waals surface area contributed by atoms with Crippen molar-refractivity contribution < 1.29 is 0 Å². The van der Waals surface area contributed by atoms with Crippen molar-refractivity contribution >= 4 is 27.2 Å². The van der Waals surface area contributed by atoms with Crippen LogP contribution in [0.15, 0.2) is 67.0 Å². The summed E-state index contributed by atoms with van der Waals surface area (Å²) < 4.78 is 0. The van der Waals surface area contributed by atoms with Gasteiger partial charge in [-0.15, -0.1) is 0 Å². The van der Waals surface area contributed by atoms with Crippen molar-refractivity contribution in [3.63, 3.8) is 0 Å². The Morgan fingerprint density at radius 1 is 0.864 bits per heavy atom. The molecule has 0 saturated carbocycles. The largest absolute Gasteiger partial charge is 0.375 e. The van der Waals surface area contributed by atoms with E-state index in [1.165, 1.54) is 16.7 Å². The van der Waals surface area contributed by atoms with E-state index in [1.54, 1.807) is 0 Å². The number of thiazole rings is 1. The number of benzene rings is 2. The van der Waals surface area contributed by atoms with Gasteiger partial charge in [-0.2, -0.15) is 0 Å². The minimum atomic E-state index is 0.587. The van der Waals surface area contributed by atoms with Crippen LogP contribution >= 0.6 is 11.3 Å². The fourth-order valence-electron chi connectivity index (χ4n) is 2.55. The molecule has 4 heteroatoms. The summed E-state index contributed by atoms with van der Waals surface area (Å²) in [4.78, 5) is 9.78. The Morgan fingerprint density at radius 3 is 2.59 bits per heavy atom. The van der Waals surface area contributed by atoms with Crippen LogP contribution in [0.2, 0.25) is 0 Å². The van der Waals surface area contributed by atoms with E-state index in [9.17, 15) is 0 Å². The van der Waals surface area contributed by atoms with Crippen molar-refractivity contribution in [3.05, 3.63) is 67.0 Å². The lowest BCUT2D eigenvalue weighted by Crippen LogP contribution is -1.84. The molecule has 0 unspecified atom stereocenters. The van der Waals surface area contributed by atoms with Crippen molar-refractivity contribution in [2.24, 2.45) is 0 Å². The molecule has 106 valence electrons. The van der Waals surface area contributed by atoms with Crippen LogP contribution in [-0.2, 0) is 0 Å². The predicted octanol–water partition coefficient (Wildman–Crippen LogP) is 4.61. The first kappa shape index (κ1) is 13.0. The van der Waals surface area contributed by atoms with Crippen LogP contribution in [0.1, 0.15) is 0 Å². The van der Waals surface area contributed by atoms with E-state index in [0.717, 1.165) is 27.1 Å². The highest BCUT2D eigenvalue weighted by Gasteiger charge is 2.13. The SMILES string of the molecule is Nc1nc(-c2ccccc2)c(-c2ccc3cnccc3c2)s1. The maximum atomic E-state index is 5.96. The lowest BCUT2D eigenvalue weighted by atomic mass is 10.0. The van der Waals surface area contributed by atoms with E-state index in [0.29, 0.717) is 5.13 Å². The van der Waals surface area contributed by atoms with Crippen molar-refractivity contribution in [1.29, 1.82) is 0 Å². The van der Waals surface area contributed by atoms with E-state index in [4.69, 9.17) is 5.73 Å². The Kier molecular flexibility index (Phi) is 3.09. The molecule has 0 radical (unpaired) electrons. The van der Waals surface area contributed by atoms with Gasteiger partial charge in [-0.05, 0) is 23.1 Å². The van der Waals surface area contributed by atoms with Crippen molar-refractivity contribution in [1.82, 2.24) is 9.97 Å². The van der Waals surface area contributed by atoms with Crippen LogP contribution in [-0.4, -0.2) is 9.97 Å². The van der Waals surface area contributed by atoms with Gasteiger partial charge in [0.15, 0.2) is 5.13 Å². The molecule has 2 aromatic heterocycles. The zero-order valence-electron chi connectivity index (χ0n) is 11.7. The van der Waals surface area contributed by atoms with Crippen LogP contribution in [0.25, 0.3) is 32.5 Å². The lowest BCUT2D eigenvalue weighted by Gasteiger charge is -2.04. The Morgan fingerprint density at radius 2 is 1.73 bits per heavy atom. The smallest absolute Gasteiger partial charge is 0.181 e. The molecule has 0 atom stereocenters. The second-order valence-corrected chi connectivity index (χ2v) is 6.06. The first-order chi connectivity index (χ1) is 10.8. The molecule has 0 spiro atoms. The fourth-order valence-corrected chi connectivity index (χ4v) is 3.40. The molecule has 22 heavy (non-hydrogen) atoms. The minimum absolute atomic E-state index is 0.587. The number of nitrogens with zero attached hydrogens (tertiary/aromatic N) is 2. The normalized spacial score (nSPS) is 10.9. The van der Waals surface area contributed by atoms with Gasteiger partial charge >= 0.3 is 0 Å². The van der Waals surface area contributed by atoms with E-state index in [1.807, 2.05) is 36.7 Å². The molecular formula is C18H13N3S. The van der Waals surface area contributed by atoms with Gasteiger partial charge in [-0.1, -0.05) is 53.8 Å². The van der Waals surface area contributed by atoms with Crippen LogP contribution in [0.5, 0.6) is 0 Å². The summed E-state index contributed by atoms with van der Waals surface area (Å²) in [6, 6.07) is 18.5. The molecule has 0 aliphatic carbocycles. The summed E-state index contributed by atoms with van der Waals surface area (Å²) in [6.07, 6.45) is 3.68. The first-order valence-electron chi connectivity index (χ1n) is 6.97. The van der Waals surface area contributed by atoms with Gasteiger partial charge in [-0.3, -0.25) is 4.98 Å². The summed E-state index contributed by atoms with van der Waals surface area (Å²) in [7, 11) is 0. The third-order valence-electron chi connectivity index (χ3n) is 3.59. The zero-order valence-corrected chi connectivity index (χ0v) is 12.5. The topological polar surface area (TPSA) is 51.8 Å². The van der Waals surface area contributed by atoms with Crippen molar-refractivity contribution in [3.8, 4) is 21.7 Å². The number of hydrogen-bond acceptors (Lipinski definition) is 4. The van der Waals surface area contributed by atoms with Gasteiger partial charge in [0.25, 0.3) is 0 Å². The van der Waals surface area contributed by atoms with Crippen LogP contribution in [0.4, 0.5) is 5.13 Å². The quantitative estimate of drug-likeness (QED) is 0.588. The molecule has 0 aliphatic rings. The van der Waals surface area contributed by atoms with Crippen molar-refractivity contribution in [2.75, 3.05) is 5.73 Å². The third-order valence-corrected chi connectivity index (χ3v) is 4.53. The molecule has 0 amide bonds. The highest BCUT2D eigenvalue weighted by molar-refractivity contribution is 7.19. The standard InChI is InChI=1S/C18H13N3S/c19-18-21-16(12-4-2-1-3-5-12)17(22-18)14-6-7-15-11-20-9-8-13(15)10-14/h1-11H,(H2,19,21). The average molecular weight is 303 g/mol. The Bertz CT molecular complexity index is 945. The van der Waals surface area contributed by atoms with Gasteiger partial charge in [0.1, 0.15) is 0 Å². The Labute approximate surface area is 132 Å². The molecule has 0 fully saturated rings. The molecule has 0 aliphatic heterocycles. The zero-order chi connectivity index (χ0) is 14.9. The summed E-state index contributed by atoms with van der Waals surface area (Å²) in [5.41, 5.74) is 9.12. The van der Waals surface area contributed by atoms with E-state index in [2.05, 4.69) is 40.3 Å². The highest BCUT2D eigenvalue weighted by atomic mass is 32.1. The van der Waals surface area contributed by atoms with Gasteiger partial charge in [-0.25, -0.2) is 4.98 Å². The molecule has 2 N–H and O–H groups in total. The molecular weight excluding hydrogens is 290 g/mol. The number of fused-ring (bicyclic) bond motifs is 1. The molecule has 2 aromatic carbocycles. The van der Waals surface area contributed by atoms with Crippen LogP contribution < -0.4 is 5.73 Å². The number of nitrogen functional groups attached to an aromatic ring is 1. The highest BCUT2D eigenvalue weighted by Crippen LogP contribution is 2.38. The van der Waals surface area contributed by atoms with Crippen LogP contribution in [0, 0.1) is 0 Å². The Balaban J connectivity index is 1.91. The first-order valence-corrected chi connectivity index (χ1v) is 7.79. The number of aromatic nitrogens is 2. The molecule has 4 aromatic rings. The maximum Gasteiger partial charge on any atom is 0.181 e. The number of nitrogens with two attached hydrogens (primary N) is 1. The fraction of sp³-hybridized carbons (Fsp3) is 0. The predicted molar refractivity (Wildman–Crippen MR) is 92.7 cm³/mol. The second-order valence-electron chi connectivity index (χ2n) is 5.03. The second kappa shape index (κ2) is 5.24. The number of pyridine rings is 1. The average Bonchev–Trinajstić information content (AvgIpc) is 2.97. The van der Waals surface area contributed by atoms with E-state index >= 15 is 0 Å². The lowest BCUT2D eigenvalue weighted by molar-refractivity contribution is 1.36. The molecule has 0 saturated heterocycles. The summed E-state index contributed by atoms with van der Waals surface area (Å²) >= 11 is 1.52. The van der Waals surface area contributed by atoms with Gasteiger partial charge in [0.05, 0.1) is 10.6 Å². The number of anilines is 1. The van der Waals surface area contributed by atoms with Crippen molar-refractivity contribution in [2.45, 2.75) is 0 Å². The van der Waals surface area contributed by atoms with Crippen LogP contribution in [0.3, 0.4) is 0 Å². The monoisotopic (exact) mass is 303 g/mol. The summed E-state index contributed by atoms with van der Waals surface area (Å²) in [6.45, 7) is 0. The minimum Gasteiger partial charge on any atom is -0.375 e. The van der Waals surface area contributed by atoms with Gasteiger partial charge in [0, 0.05) is 23.3 Å². The summed E-state index contributed by atoms with van der Waals surface area (Å²) in [5.74, 6) is 0. The van der Waals surface area contributed by atoms with E-state index < -0.39 is 0 Å². The molecule has 4 rings (SSSR count). The molecule has 2 heterocycles.